The minimum absolute atomic E-state index is 0.0284. The Balaban J connectivity index is 1.75. The van der Waals surface area contributed by atoms with E-state index in [1.54, 1.807) is 6.08 Å². The number of rotatable bonds is 58. The van der Waals surface area contributed by atoms with Crippen LogP contribution in [0.3, 0.4) is 0 Å². The largest absolute Gasteiger partial charge is 0.472 e. The Bertz CT molecular complexity index is 2110. The van der Waals surface area contributed by atoms with Gasteiger partial charge in [0.15, 0.2) is 18.7 Å². The van der Waals surface area contributed by atoms with Crippen LogP contribution in [-0.4, -0.2) is 204 Å². The molecule has 3 rings (SSSR count). The fraction of sp³-hybridized carbons (Fsp3) is 0.903. The van der Waals surface area contributed by atoms with Crippen molar-refractivity contribution in [3.8, 4) is 0 Å². The quantitative estimate of drug-likeness (QED) is 0.00673. The van der Waals surface area contributed by atoms with Crippen LogP contribution in [0.15, 0.2) is 24.3 Å². The van der Waals surface area contributed by atoms with Gasteiger partial charge in [-0.2, -0.15) is 0 Å². The highest BCUT2D eigenvalue weighted by Crippen LogP contribution is 2.49. The molecule has 568 valence electrons. The van der Waals surface area contributed by atoms with Gasteiger partial charge in [-0.3, -0.25) is 18.6 Å². The van der Waals surface area contributed by atoms with Gasteiger partial charge in [-0.1, -0.05) is 264 Å². The third-order valence-corrected chi connectivity index (χ3v) is 19.6. The lowest BCUT2D eigenvalue weighted by Crippen LogP contribution is -2.69. The molecular formula is C72H131O24P. The third kappa shape index (κ3) is 37.4. The number of unbranched alkanes of at least 4 members (excludes halogenated alkanes) is 36. The van der Waals surface area contributed by atoms with Crippen molar-refractivity contribution in [2.24, 2.45) is 0 Å². The van der Waals surface area contributed by atoms with Gasteiger partial charge in [0.25, 0.3) is 0 Å². The molecule has 0 spiro atoms. The van der Waals surface area contributed by atoms with Crippen molar-refractivity contribution in [3.63, 3.8) is 0 Å². The minimum atomic E-state index is -5.72. The molecule has 24 nitrogen and oxygen atoms in total. The Morgan fingerprint density at radius 1 is 0.423 bits per heavy atom. The number of aliphatic hydroxyl groups excluding tert-OH is 10. The second-order valence-electron chi connectivity index (χ2n) is 27.1. The van der Waals surface area contributed by atoms with Gasteiger partial charge in [-0.25, -0.2) is 9.36 Å². The second-order valence-corrected chi connectivity index (χ2v) is 28.5. The highest BCUT2D eigenvalue weighted by atomic mass is 31.2. The fourth-order valence-corrected chi connectivity index (χ4v) is 13.4. The molecule has 3 aliphatic rings. The van der Waals surface area contributed by atoms with E-state index in [0.29, 0.717) is 12.8 Å². The standard InChI is InChI=1S/C72H131O24P/c1-4-7-10-13-16-19-22-25-27-30-33-36-39-42-45-48-58(76)91-53(50-88-56(74)46-43-40-37-34-31-28-24-21-18-15-12-9-6-3)51-90-97(86,87)96-70-68(94-71-66(84)61(79)59(77)54(49-73)92-71)64(82)63(81)65(83)69(70)95-72-67(85)62(80)60(78)55(93-72)52-89-57(75)47-44-41-38-35-32-29-26-23-20-17-14-11-8-5-2/h39,42,45,48,53-55,59-73,77-85H,4-38,40-41,43-44,46-47,49-52H2,1-3H3,(H,86,87)/b42-39+,48-45+. The van der Waals surface area contributed by atoms with Gasteiger partial charge in [0.05, 0.1) is 13.2 Å². The zero-order chi connectivity index (χ0) is 71.1. The molecule has 0 bridgehead atoms. The van der Waals surface area contributed by atoms with E-state index < -0.39 is 156 Å². The van der Waals surface area contributed by atoms with Crippen molar-refractivity contribution >= 4 is 25.7 Å². The van der Waals surface area contributed by atoms with Gasteiger partial charge in [0.1, 0.15) is 98.7 Å². The van der Waals surface area contributed by atoms with Crippen LogP contribution in [0.25, 0.3) is 0 Å². The number of esters is 3. The first kappa shape index (κ1) is 88.7. The van der Waals surface area contributed by atoms with Crippen molar-refractivity contribution in [1.29, 1.82) is 0 Å². The Labute approximate surface area is 579 Å². The van der Waals surface area contributed by atoms with Crippen LogP contribution in [-0.2, 0) is 61.2 Å². The molecule has 1 aliphatic carbocycles. The van der Waals surface area contributed by atoms with E-state index in [9.17, 15) is 74.9 Å². The van der Waals surface area contributed by atoms with Crippen LogP contribution in [0.1, 0.15) is 284 Å². The summed E-state index contributed by atoms with van der Waals surface area (Å²) in [5.74, 6) is -2.24. The first-order chi connectivity index (χ1) is 46.8. The summed E-state index contributed by atoms with van der Waals surface area (Å²) in [5.41, 5.74) is 0. The number of hydrogen-bond donors (Lipinski definition) is 11. The maximum Gasteiger partial charge on any atom is 0.472 e. The highest BCUT2D eigenvalue weighted by Gasteiger charge is 2.58. The number of ether oxygens (including phenoxy) is 7. The van der Waals surface area contributed by atoms with Crippen molar-refractivity contribution in [2.45, 2.75) is 388 Å². The molecule has 0 amide bonds. The third-order valence-electron chi connectivity index (χ3n) is 18.6. The summed E-state index contributed by atoms with van der Waals surface area (Å²) in [4.78, 5) is 50.8. The summed E-state index contributed by atoms with van der Waals surface area (Å²) >= 11 is 0. The van der Waals surface area contributed by atoms with Crippen LogP contribution in [0.2, 0.25) is 0 Å². The predicted octanol–water partition coefficient (Wildman–Crippen LogP) is 10.1. The summed E-state index contributed by atoms with van der Waals surface area (Å²) in [6, 6.07) is 0. The summed E-state index contributed by atoms with van der Waals surface area (Å²) in [7, 11) is -5.72. The minimum Gasteiger partial charge on any atom is -0.463 e. The first-order valence-corrected chi connectivity index (χ1v) is 39.2. The van der Waals surface area contributed by atoms with E-state index in [0.717, 1.165) is 96.0 Å². The molecule has 11 N–H and O–H groups in total. The summed E-state index contributed by atoms with van der Waals surface area (Å²) in [5, 5.41) is 110. The number of phosphoric acid groups is 1. The monoisotopic (exact) mass is 1410 g/mol. The number of carbonyl (C=O) groups is 3. The van der Waals surface area contributed by atoms with Crippen LogP contribution in [0.5, 0.6) is 0 Å². The highest BCUT2D eigenvalue weighted by molar-refractivity contribution is 7.47. The molecule has 0 aromatic carbocycles. The lowest BCUT2D eigenvalue weighted by atomic mass is 9.84. The zero-order valence-corrected chi connectivity index (χ0v) is 60.0. The van der Waals surface area contributed by atoms with E-state index in [1.165, 1.54) is 154 Å². The zero-order valence-electron chi connectivity index (χ0n) is 59.1. The van der Waals surface area contributed by atoms with Crippen molar-refractivity contribution in [2.75, 3.05) is 26.4 Å². The summed E-state index contributed by atoms with van der Waals surface area (Å²) in [6.07, 6.45) is 14.6. The number of aliphatic hydroxyl groups is 10. The van der Waals surface area contributed by atoms with Gasteiger partial charge in [0.2, 0.25) is 0 Å². The Hall–Kier alpha value is -2.56. The van der Waals surface area contributed by atoms with Gasteiger partial charge in [-0.15, -0.1) is 0 Å². The van der Waals surface area contributed by atoms with Crippen molar-refractivity contribution < 1.29 is 117 Å². The maximum absolute atomic E-state index is 14.3. The average Bonchev–Trinajstić information content (AvgIpc) is 0.764. The molecule has 3 fully saturated rings. The molecule has 18 unspecified atom stereocenters. The number of carbonyl (C=O) groups excluding carboxylic acids is 3. The SMILES string of the molecule is CCCCCCCCCCCCC/C=C/C=C/C(=O)OC(COC(=O)CCCCCCCCCCCCCCC)COP(=O)(O)OC1C(OC2OC(CO)C(O)C(O)C2O)C(O)C(O)C(O)C1OC1OC(COC(=O)CCCCCCCCCCCCCCCC)C(O)C(O)C1O. The Morgan fingerprint density at radius 2 is 0.784 bits per heavy atom. The molecule has 18 atom stereocenters. The van der Waals surface area contributed by atoms with E-state index in [-0.39, 0.29) is 12.8 Å². The Morgan fingerprint density at radius 3 is 1.20 bits per heavy atom. The normalized spacial score (nSPS) is 27.9. The van der Waals surface area contributed by atoms with Crippen LogP contribution < -0.4 is 0 Å². The Kier molecular flexibility index (Phi) is 49.5. The molecule has 1 saturated carbocycles. The van der Waals surface area contributed by atoms with Crippen LogP contribution in [0, 0.1) is 0 Å². The molecule has 0 radical (unpaired) electrons. The van der Waals surface area contributed by atoms with E-state index in [2.05, 4.69) is 20.8 Å². The van der Waals surface area contributed by atoms with Gasteiger partial charge in [0, 0.05) is 18.9 Å². The number of phosphoric ester groups is 1. The molecular weight excluding hydrogens is 1280 g/mol. The first-order valence-electron chi connectivity index (χ1n) is 37.7. The van der Waals surface area contributed by atoms with E-state index in [4.69, 9.17) is 42.2 Å². The molecule has 2 heterocycles. The molecule has 97 heavy (non-hydrogen) atoms. The van der Waals surface area contributed by atoms with Crippen molar-refractivity contribution in [3.05, 3.63) is 24.3 Å². The van der Waals surface area contributed by atoms with Gasteiger partial charge < -0.3 is 89.1 Å². The lowest BCUT2D eigenvalue weighted by molar-refractivity contribution is -0.360. The fourth-order valence-electron chi connectivity index (χ4n) is 12.4. The van der Waals surface area contributed by atoms with Gasteiger partial charge in [-0.05, 0) is 25.7 Å². The summed E-state index contributed by atoms with van der Waals surface area (Å²) < 4.78 is 64.8. The molecule has 25 heteroatoms. The molecule has 0 aromatic rings. The molecule has 2 aliphatic heterocycles. The maximum atomic E-state index is 14.3. The van der Waals surface area contributed by atoms with Crippen molar-refractivity contribution in [1.82, 2.24) is 0 Å². The molecule has 0 aromatic heterocycles. The lowest BCUT2D eigenvalue weighted by Gasteiger charge is -2.49. The topological polar surface area (TPSA) is 374 Å². The average molecular weight is 1410 g/mol. The van der Waals surface area contributed by atoms with E-state index >= 15 is 0 Å². The smallest absolute Gasteiger partial charge is 0.463 e. The van der Waals surface area contributed by atoms with E-state index in [1.807, 2.05) is 6.08 Å². The number of hydrogen-bond acceptors (Lipinski definition) is 23. The van der Waals surface area contributed by atoms with Crippen LogP contribution in [0.4, 0.5) is 0 Å². The summed E-state index contributed by atoms with van der Waals surface area (Å²) in [6.45, 7) is 3.34. The number of allylic oxidation sites excluding steroid dienone is 3. The molecule has 2 saturated heterocycles. The second kappa shape index (κ2) is 54.1. The van der Waals surface area contributed by atoms with Crippen LogP contribution >= 0.6 is 7.82 Å². The predicted molar refractivity (Wildman–Crippen MR) is 365 cm³/mol. The van der Waals surface area contributed by atoms with Gasteiger partial charge >= 0.3 is 25.7 Å².